The van der Waals surface area contributed by atoms with Gasteiger partial charge in [-0.25, -0.2) is 9.97 Å². The van der Waals surface area contributed by atoms with Crippen molar-refractivity contribution in [1.82, 2.24) is 29.3 Å². The molecule has 8 heteroatoms. The number of likely N-dealkylation sites (N-methyl/N-ethyl adjacent to an activating group) is 1. The average Bonchev–Trinajstić information content (AvgIpc) is 3.12. The smallest absolute Gasteiger partial charge is 0.224 e. The zero-order chi connectivity index (χ0) is 19.5. The van der Waals surface area contributed by atoms with Crippen molar-refractivity contribution in [2.75, 3.05) is 51.6 Å². The summed E-state index contributed by atoms with van der Waals surface area (Å²) in [7, 11) is 2.18. The molecule has 1 aliphatic rings. The van der Waals surface area contributed by atoms with Crippen LogP contribution in [0.4, 0.5) is 5.95 Å². The molecule has 2 N–H and O–H groups in total. The molecule has 0 aliphatic carbocycles. The van der Waals surface area contributed by atoms with E-state index in [9.17, 15) is 5.11 Å². The van der Waals surface area contributed by atoms with Gasteiger partial charge in [0.25, 0.3) is 0 Å². The molecular formula is C20H27N7O. The van der Waals surface area contributed by atoms with E-state index in [2.05, 4.69) is 37.1 Å². The molecule has 0 radical (unpaired) electrons. The zero-order valence-electron chi connectivity index (χ0n) is 16.5. The van der Waals surface area contributed by atoms with E-state index < -0.39 is 0 Å². The lowest BCUT2D eigenvalue weighted by atomic mass is 10.2. The third-order valence-corrected chi connectivity index (χ3v) is 5.28. The third-order valence-electron chi connectivity index (χ3n) is 5.28. The first-order chi connectivity index (χ1) is 13.6. The lowest BCUT2D eigenvalue weighted by Crippen LogP contribution is -2.44. The Balaban J connectivity index is 1.40. The van der Waals surface area contributed by atoms with Crippen molar-refractivity contribution in [3.63, 3.8) is 0 Å². The second-order valence-corrected chi connectivity index (χ2v) is 7.41. The van der Waals surface area contributed by atoms with Gasteiger partial charge in [0.05, 0.1) is 6.20 Å². The van der Waals surface area contributed by atoms with Crippen LogP contribution in [0, 0.1) is 6.92 Å². The number of aromatic nitrogens is 4. The maximum absolute atomic E-state index is 9.76. The highest BCUT2D eigenvalue weighted by atomic mass is 16.3. The van der Waals surface area contributed by atoms with E-state index in [1.54, 1.807) is 18.6 Å². The van der Waals surface area contributed by atoms with Gasteiger partial charge in [0, 0.05) is 38.4 Å². The molecule has 1 fully saturated rings. The van der Waals surface area contributed by atoms with Gasteiger partial charge in [0.15, 0.2) is 5.65 Å². The number of aromatic hydroxyl groups is 1. The molecule has 0 spiro atoms. The summed E-state index contributed by atoms with van der Waals surface area (Å²) in [6.07, 6.45) is 4.54. The van der Waals surface area contributed by atoms with Crippen LogP contribution in [0.1, 0.15) is 12.0 Å². The molecule has 0 unspecified atom stereocenters. The summed E-state index contributed by atoms with van der Waals surface area (Å²) in [6.45, 7) is 8.38. The van der Waals surface area contributed by atoms with Crippen molar-refractivity contribution in [2.24, 2.45) is 0 Å². The van der Waals surface area contributed by atoms with Crippen molar-refractivity contribution in [1.29, 1.82) is 0 Å². The van der Waals surface area contributed by atoms with Crippen LogP contribution in [0.25, 0.3) is 16.9 Å². The highest BCUT2D eigenvalue weighted by Crippen LogP contribution is 2.22. The summed E-state index contributed by atoms with van der Waals surface area (Å²) in [5, 5.41) is 13.1. The van der Waals surface area contributed by atoms with Gasteiger partial charge in [-0.3, -0.25) is 4.57 Å². The van der Waals surface area contributed by atoms with Crippen molar-refractivity contribution in [2.45, 2.75) is 13.3 Å². The molecular weight excluding hydrogens is 354 g/mol. The summed E-state index contributed by atoms with van der Waals surface area (Å²) in [4.78, 5) is 18.3. The van der Waals surface area contributed by atoms with E-state index in [-0.39, 0.29) is 5.75 Å². The Kier molecular flexibility index (Phi) is 5.40. The van der Waals surface area contributed by atoms with E-state index in [4.69, 9.17) is 0 Å². The van der Waals surface area contributed by atoms with E-state index in [1.807, 2.05) is 23.6 Å². The van der Waals surface area contributed by atoms with Gasteiger partial charge < -0.3 is 20.2 Å². The topological polar surface area (TPSA) is 82.3 Å². The second kappa shape index (κ2) is 8.12. The molecule has 1 aliphatic heterocycles. The number of aryl methyl sites for hydroxylation is 1. The Hall–Kier alpha value is -2.71. The van der Waals surface area contributed by atoms with Gasteiger partial charge in [0.2, 0.25) is 5.95 Å². The number of hydrogen-bond donors (Lipinski definition) is 2. The minimum absolute atomic E-state index is 0.283. The average molecular weight is 381 g/mol. The molecule has 0 amide bonds. The number of nitrogens with zero attached hydrogens (tertiary/aromatic N) is 6. The SMILES string of the molecule is Cc1cc(-n2cnc3cnc(NCCCN4CCN(C)CC4)nc32)ccc1O. The highest BCUT2D eigenvalue weighted by Gasteiger charge is 2.13. The molecule has 4 rings (SSSR count). The van der Waals surface area contributed by atoms with Gasteiger partial charge in [-0.15, -0.1) is 0 Å². The number of imidazole rings is 1. The van der Waals surface area contributed by atoms with Crippen molar-refractivity contribution < 1.29 is 5.11 Å². The number of fused-ring (bicyclic) bond motifs is 1. The monoisotopic (exact) mass is 381 g/mol. The number of rotatable bonds is 6. The van der Waals surface area contributed by atoms with Crippen LogP contribution >= 0.6 is 0 Å². The lowest BCUT2D eigenvalue weighted by Gasteiger charge is -2.32. The predicted molar refractivity (Wildman–Crippen MR) is 110 cm³/mol. The number of anilines is 1. The van der Waals surface area contributed by atoms with Gasteiger partial charge in [-0.2, -0.15) is 4.98 Å². The summed E-state index contributed by atoms with van der Waals surface area (Å²) in [6, 6.07) is 5.46. The Morgan fingerprint density at radius 2 is 1.96 bits per heavy atom. The summed E-state index contributed by atoms with van der Waals surface area (Å²) in [5.41, 5.74) is 3.23. The number of piperazine rings is 1. The largest absolute Gasteiger partial charge is 0.508 e. The Labute approximate surface area is 164 Å². The fraction of sp³-hybridized carbons (Fsp3) is 0.450. The molecule has 0 atom stereocenters. The molecule has 0 saturated carbocycles. The highest BCUT2D eigenvalue weighted by molar-refractivity contribution is 5.73. The van der Waals surface area contributed by atoms with Gasteiger partial charge in [-0.1, -0.05) is 0 Å². The van der Waals surface area contributed by atoms with Crippen LogP contribution in [-0.2, 0) is 0 Å². The van der Waals surface area contributed by atoms with Gasteiger partial charge in [-0.05, 0) is 50.7 Å². The Morgan fingerprint density at radius 3 is 2.75 bits per heavy atom. The fourth-order valence-electron chi connectivity index (χ4n) is 3.45. The summed E-state index contributed by atoms with van der Waals surface area (Å²) in [5.74, 6) is 0.897. The molecule has 0 bridgehead atoms. The minimum atomic E-state index is 0.283. The molecule has 28 heavy (non-hydrogen) atoms. The Morgan fingerprint density at radius 1 is 1.14 bits per heavy atom. The Bertz CT molecular complexity index is 947. The number of phenolic OH excluding ortho intramolecular Hbond substituents is 1. The van der Waals surface area contributed by atoms with E-state index in [0.717, 1.165) is 68.1 Å². The van der Waals surface area contributed by atoms with Crippen molar-refractivity contribution in [3.8, 4) is 11.4 Å². The number of nitrogens with one attached hydrogen (secondary N) is 1. The molecule has 1 saturated heterocycles. The van der Waals surface area contributed by atoms with E-state index in [0.29, 0.717) is 5.95 Å². The van der Waals surface area contributed by atoms with Crippen LogP contribution in [0.5, 0.6) is 5.75 Å². The van der Waals surface area contributed by atoms with Crippen LogP contribution < -0.4 is 5.32 Å². The molecule has 1 aromatic carbocycles. The first-order valence-electron chi connectivity index (χ1n) is 9.75. The molecule has 148 valence electrons. The molecule has 3 aromatic rings. The van der Waals surface area contributed by atoms with Gasteiger partial charge in [0.1, 0.15) is 17.6 Å². The third kappa shape index (κ3) is 4.07. The second-order valence-electron chi connectivity index (χ2n) is 7.41. The number of hydrogen-bond acceptors (Lipinski definition) is 7. The first-order valence-corrected chi connectivity index (χ1v) is 9.75. The molecule has 2 aromatic heterocycles. The predicted octanol–water partition coefficient (Wildman–Crippen LogP) is 1.88. The van der Waals surface area contributed by atoms with Gasteiger partial charge >= 0.3 is 0 Å². The minimum Gasteiger partial charge on any atom is -0.508 e. The maximum atomic E-state index is 9.76. The summed E-state index contributed by atoms with van der Waals surface area (Å²) >= 11 is 0. The lowest BCUT2D eigenvalue weighted by molar-refractivity contribution is 0.154. The normalized spacial score (nSPS) is 15.9. The fourth-order valence-corrected chi connectivity index (χ4v) is 3.45. The summed E-state index contributed by atoms with van der Waals surface area (Å²) < 4.78 is 1.92. The maximum Gasteiger partial charge on any atom is 0.224 e. The van der Waals surface area contributed by atoms with Crippen LogP contribution in [0.3, 0.4) is 0 Å². The van der Waals surface area contributed by atoms with E-state index >= 15 is 0 Å². The zero-order valence-corrected chi connectivity index (χ0v) is 16.5. The molecule has 8 nitrogen and oxygen atoms in total. The quantitative estimate of drug-likeness (QED) is 0.631. The van der Waals surface area contributed by atoms with E-state index in [1.165, 1.54) is 0 Å². The van der Waals surface area contributed by atoms with Crippen LogP contribution in [-0.4, -0.2) is 80.7 Å². The number of phenols is 1. The standard InChI is InChI=1S/C20H27N7O/c1-15-12-16(4-5-18(15)28)27-14-23-17-13-22-20(24-19(17)27)21-6-3-7-26-10-8-25(2)9-11-26/h4-5,12-14,28H,3,6-11H2,1-2H3,(H,21,22,24). The van der Waals surface area contributed by atoms with Crippen molar-refractivity contribution >= 4 is 17.1 Å². The van der Waals surface area contributed by atoms with Crippen LogP contribution in [0.2, 0.25) is 0 Å². The number of benzene rings is 1. The molecule has 3 heterocycles. The van der Waals surface area contributed by atoms with Crippen LogP contribution in [0.15, 0.2) is 30.7 Å². The van der Waals surface area contributed by atoms with Crippen molar-refractivity contribution in [3.05, 3.63) is 36.3 Å². The first kappa shape index (κ1) is 18.6.